The van der Waals surface area contributed by atoms with E-state index in [9.17, 15) is 4.79 Å². The fourth-order valence-corrected chi connectivity index (χ4v) is 2.48. The molecule has 0 aliphatic heterocycles. The molecule has 1 atom stereocenters. The SMILES string of the molecule is COCC(C)CNCC(=O)NC1CCCCCC1. The van der Waals surface area contributed by atoms with E-state index in [1.54, 1.807) is 7.11 Å². The maximum atomic E-state index is 11.8. The maximum absolute atomic E-state index is 11.8. The Kier molecular flexibility index (Phi) is 8.01. The predicted molar refractivity (Wildman–Crippen MR) is 73.5 cm³/mol. The van der Waals surface area contributed by atoms with Gasteiger partial charge in [-0.1, -0.05) is 32.6 Å². The van der Waals surface area contributed by atoms with Gasteiger partial charge in [-0.05, 0) is 18.8 Å². The quantitative estimate of drug-likeness (QED) is 0.682. The van der Waals surface area contributed by atoms with Gasteiger partial charge in [-0.25, -0.2) is 0 Å². The zero-order valence-corrected chi connectivity index (χ0v) is 11.8. The van der Waals surface area contributed by atoms with Crippen molar-refractivity contribution in [3.63, 3.8) is 0 Å². The molecule has 2 N–H and O–H groups in total. The summed E-state index contributed by atoms with van der Waals surface area (Å²) in [5.41, 5.74) is 0. The highest BCUT2D eigenvalue weighted by atomic mass is 16.5. The molecular weight excluding hydrogens is 228 g/mol. The Hall–Kier alpha value is -0.610. The van der Waals surface area contributed by atoms with Crippen molar-refractivity contribution in [3.8, 4) is 0 Å². The first-order valence-corrected chi connectivity index (χ1v) is 7.21. The molecule has 0 aromatic rings. The number of rotatable bonds is 7. The van der Waals surface area contributed by atoms with Crippen LogP contribution in [0.5, 0.6) is 0 Å². The Bertz CT molecular complexity index is 226. The van der Waals surface area contributed by atoms with Gasteiger partial charge in [0.25, 0.3) is 0 Å². The molecule has 4 nitrogen and oxygen atoms in total. The molecular formula is C14H28N2O2. The van der Waals surface area contributed by atoms with Gasteiger partial charge in [0.1, 0.15) is 0 Å². The molecule has 0 aromatic carbocycles. The van der Waals surface area contributed by atoms with Crippen LogP contribution in [0, 0.1) is 5.92 Å². The van der Waals surface area contributed by atoms with Crippen molar-refractivity contribution in [2.45, 2.75) is 51.5 Å². The molecule has 1 aliphatic rings. The van der Waals surface area contributed by atoms with E-state index in [1.807, 2.05) is 0 Å². The van der Waals surface area contributed by atoms with Crippen LogP contribution in [-0.4, -0.2) is 38.8 Å². The van der Waals surface area contributed by atoms with Gasteiger partial charge in [-0.3, -0.25) is 4.79 Å². The Morgan fingerprint density at radius 1 is 1.28 bits per heavy atom. The topological polar surface area (TPSA) is 50.4 Å². The van der Waals surface area contributed by atoms with E-state index < -0.39 is 0 Å². The Balaban J connectivity index is 2.09. The molecule has 1 saturated carbocycles. The third kappa shape index (κ3) is 6.97. The van der Waals surface area contributed by atoms with Gasteiger partial charge in [0.2, 0.25) is 5.91 Å². The lowest BCUT2D eigenvalue weighted by Crippen LogP contribution is -2.41. The molecule has 0 heterocycles. The number of ether oxygens (including phenoxy) is 1. The van der Waals surface area contributed by atoms with Crippen molar-refractivity contribution in [1.29, 1.82) is 0 Å². The summed E-state index contributed by atoms with van der Waals surface area (Å²) in [4.78, 5) is 11.8. The van der Waals surface area contributed by atoms with E-state index >= 15 is 0 Å². The van der Waals surface area contributed by atoms with Gasteiger partial charge in [-0.15, -0.1) is 0 Å². The van der Waals surface area contributed by atoms with Crippen LogP contribution in [-0.2, 0) is 9.53 Å². The fraction of sp³-hybridized carbons (Fsp3) is 0.929. The molecule has 1 aliphatic carbocycles. The van der Waals surface area contributed by atoms with E-state index in [4.69, 9.17) is 4.74 Å². The summed E-state index contributed by atoms with van der Waals surface area (Å²) in [5, 5.41) is 6.31. The lowest BCUT2D eigenvalue weighted by atomic mass is 10.1. The molecule has 0 aromatic heterocycles. The third-order valence-corrected chi connectivity index (χ3v) is 3.45. The standard InChI is InChI=1S/C14H28N2O2/c1-12(11-18-2)9-15-10-14(17)16-13-7-5-3-4-6-8-13/h12-13,15H,3-11H2,1-2H3,(H,16,17). The second-order valence-corrected chi connectivity index (χ2v) is 5.45. The van der Waals surface area contributed by atoms with Gasteiger partial charge >= 0.3 is 0 Å². The molecule has 0 saturated heterocycles. The van der Waals surface area contributed by atoms with Crippen LogP contribution in [0.1, 0.15) is 45.4 Å². The number of hydrogen-bond donors (Lipinski definition) is 2. The molecule has 4 heteroatoms. The van der Waals surface area contributed by atoms with Crippen LogP contribution in [0.3, 0.4) is 0 Å². The fourth-order valence-electron chi connectivity index (χ4n) is 2.48. The Labute approximate surface area is 111 Å². The van der Waals surface area contributed by atoms with Crippen molar-refractivity contribution >= 4 is 5.91 Å². The largest absolute Gasteiger partial charge is 0.384 e. The molecule has 1 fully saturated rings. The summed E-state index contributed by atoms with van der Waals surface area (Å²) in [6.07, 6.45) is 7.43. The van der Waals surface area contributed by atoms with Crippen LogP contribution in [0.2, 0.25) is 0 Å². The number of carbonyl (C=O) groups is 1. The van der Waals surface area contributed by atoms with Crippen LogP contribution >= 0.6 is 0 Å². The van der Waals surface area contributed by atoms with Crippen LogP contribution < -0.4 is 10.6 Å². The first kappa shape index (κ1) is 15.4. The first-order chi connectivity index (χ1) is 8.72. The highest BCUT2D eigenvalue weighted by Crippen LogP contribution is 2.16. The number of carbonyl (C=O) groups excluding carboxylic acids is 1. The summed E-state index contributed by atoms with van der Waals surface area (Å²) < 4.78 is 5.06. The number of hydrogen-bond acceptors (Lipinski definition) is 3. The van der Waals surface area contributed by atoms with Crippen molar-refractivity contribution in [1.82, 2.24) is 10.6 Å². The molecule has 18 heavy (non-hydrogen) atoms. The molecule has 0 bridgehead atoms. The van der Waals surface area contributed by atoms with Crippen LogP contribution in [0.15, 0.2) is 0 Å². The normalized spacial score (nSPS) is 19.2. The molecule has 106 valence electrons. The van der Waals surface area contributed by atoms with E-state index in [0.29, 0.717) is 18.5 Å². The maximum Gasteiger partial charge on any atom is 0.234 e. The van der Waals surface area contributed by atoms with E-state index in [1.165, 1.54) is 25.7 Å². The van der Waals surface area contributed by atoms with Gasteiger partial charge in [0.15, 0.2) is 0 Å². The summed E-state index contributed by atoms with van der Waals surface area (Å²) in [6, 6.07) is 0.401. The number of methoxy groups -OCH3 is 1. The smallest absolute Gasteiger partial charge is 0.234 e. The minimum Gasteiger partial charge on any atom is -0.384 e. The molecule has 1 rings (SSSR count). The first-order valence-electron chi connectivity index (χ1n) is 7.21. The van der Waals surface area contributed by atoms with E-state index in [2.05, 4.69) is 17.6 Å². The van der Waals surface area contributed by atoms with E-state index in [0.717, 1.165) is 26.0 Å². The minimum absolute atomic E-state index is 0.131. The molecule has 0 radical (unpaired) electrons. The van der Waals surface area contributed by atoms with Gasteiger partial charge in [0.05, 0.1) is 6.54 Å². The summed E-state index contributed by atoms with van der Waals surface area (Å²) in [5.74, 6) is 0.576. The molecule has 1 amide bonds. The zero-order valence-electron chi connectivity index (χ0n) is 11.8. The highest BCUT2D eigenvalue weighted by Gasteiger charge is 2.14. The molecule has 1 unspecified atom stereocenters. The minimum atomic E-state index is 0.131. The molecule has 0 spiro atoms. The van der Waals surface area contributed by atoms with Crippen molar-refractivity contribution in [2.24, 2.45) is 5.92 Å². The summed E-state index contributed by atoms with van der Waals surface area (Å²) >= 11 is 0. The summed E-state index contributed by atoms with van der Waals surface area (Å²) in [6.45, 7) is 4.09. The third-order valence-electron chi connectivity index (χ3n) is 3.45. The van der Waals surface area contributed by atoms with Gasteiger partial charge in [0, 0.05) is 26.3 Å². The monoisotopic (exact) mass is 256 g/mol. The number of amides is 1. The lowest BCUT2D eigenvalue weighted by molar-refractivity contribution is -0.121. The van der Waals surface area contributed by atoms with E-state index in [-0.39, 0.29) is 5.91 Å². The Morgan fingerprint density at radius 3 is 2.56 bits per heavy atom. The van der Waals surface area contributed by atoms with Gasteiger partial charge < -0.3 is 15.4 Å². The van der Waals surface area contributed by atoms with Crippen LogP contribution in [0.25, 0.3) is 0 Å². The predicted octanol–water partition coefficient (Wildman–Crippen LogP) is 1.70. The second-order valence-electron chi connectivity index (χ2n) is 5.45. The lowest BCUT2D eigenvalue weighted by Gasteiger charge is -2.17. The van der Waals surface area contributed by atoms with Crippen molar-refractivity contribution in [3.05, 3.63) is 0 Å². The average Bonchev–Trinajstić information content (AvgIpc) is 2.58. The Morgan fingerprint density at radius 2 is 1.94 bits per heavy atom. The van der Waals surface area contributed by atoms with Gasteiger partial charge in [-0.2, -0.15) is 0 Å². The van der Waals surface area contributed by atoms with Crippen molar-refractivity contribution in [2.75, 3.05) is 26.8 Å². The summed E-state index contributed by atoms with van der Waals surface area (Å²) in [7, 11) is 1.70. The highest BCUT2D eigenvalue weighted by molar-refractivity contribution is 5.78. The van der Waals surface area contributed by atoms with Crippen molar-refractivity contribution < 1.29 is 9.53 Å². The second kappa shape index (κ2) is 9.34. The zero-order chi connectivity index (χ0) is 13.2. The average molecular weight is 256 g/mol. The number of nitrogens with one attached hydrogen (secondary N) is 2. The van der Waals surface area contributed by atoms with Crippen LogP contribution in [0.4, 0.5) is 0 Å².